The van der Waals surface area contributed by atoms with E-state index < -0.39 is 10.8 Å². The number of amides is 2. The number of rotatable bonds is 11. The first-order chi connectivity index (χ1) is 15.5. The van der Waals surface area contributed by atoms with Crippen molar-refractivity contribution in [1.82, 2.24) is 25.8 Å². The predicted octanol–water partition coefficient (Wildman–Crippen LogP) is 1.46. The summed E-state index contributed by atoms with van der Waals surface area (Å²) in [6, 6.07) is 11.3. The summed E-state index contributed by atoms with van der Waals surface area (Å²) in [5.74, 6) is -0.605. The van der Waals surface area contributed by atoms with E-state index in [2.05, 4.69) is 31.1 Å². The van der Waals surface area contributed by atoms with Gasteiger partial charge in [-0.15, -0.1) is 0 Å². The molecule has 0 fully saturated rings. The molecule has 0 unspecified atom stereocenters. The summed E-state index contributed by atoms with van der Waals surface area (Å²) in [6.07, 6.45) is 2.12. The van der Waals surface area contributed by atoms with Crippen molar-refractivity contribution in [3.63, 3.8) is 0 Å². The minimum absolute atomic E-state index is 0.0697. The monoisotopic (exact) mass is 439 g/mol. The highest BCUT2D eigenvalue weighted by atomic mass is 16.6. The van der Waals surface area contributed by atoms with Crippen LogP contribution in [-0.4, -0.2) is 45.0 Å². The highest BCUT2D eigenvalue weighted by Crippen LogP contribution is 2.23. The lowest BCUT2D eigenvalue weighted by atomic mass is 10.2. The number of nitrogens with zero attached hydrogens (tertiary/aromatic N) is 4. The summed E-state index contributed by atoms with van der Waals surface area (Å²) in [5.41, 5.74) is 0.701. The van der Waals surface area contributed by atoms with Gasteiger partial charge in [0.25, 0.3) is 17.4 Å². The van der Waals surface area contributed by atoms with Crippen molar-refractivity contribution in [2.75, 3.05) is 18.4 Å². The van der Waals surface area contributed by atoms with Crippen molar-refractivity contribution in [3.8, 4) is 0 Å². The van der Waals surface area contributed by atoms with Gasteiger partial charge in [0.15, 0.2) is 0 Å². The van der Waals surface area contributed by atoms with Crippen LogP contribution in [-0.2, 0) is 17.8 Å². The number of anilines is 1. The van der Waals surface area contributed by atoms with Gasteiger partial charge in [-0.25, -0.2) is 0 Å². The number of para-hydroxylation sites is 2. The van der Waals surface area contributed by atoms with Gasteiger partial charge >= 0.3 is 0 Å². The quantitative estimate of drug-likeness (QED) is 0.228. The van der Waals surface area contributed by atoms with E-state index in [1.807, 2.05) is 6.07 Å². The van der Waals surface area contributed by atoms with Crippen LogP contribution in [0.5, 0.6) is 0 Å². The lowest BCUT2D eigenvalue weighted by molar-refractivity contribution is -0.383. The molecule has 0 spiro atoms. The highest BCUT2D eigenvalue weighted by Gasteiger charge is 2.15. The second-order valence-electron chi connectivity index (χ2n) is 6.59. The maximum Gasteiger partial charge on any atom is 0.293 e. The van der Waals surface area contributed by atoms with Gasteiger partial charge in [-0.2, -0.15) is 4.98 Å². The van der Waals surface area contributed by atoms with E-state index >= 15 is 0 Å². The molecule has 0 aliphatic heterocycles. The molecule has 0 aliphatic carbocycles. The van der Waals surface area contributed by atoms with Crippen molar-refractivity contribution >= 4 is 23.2 Å². The minimum atomic E-state index is -0.550. The number of nitrogens with one attached hydrogen (secondary N) is 3. The zero-order valence-electron chi connectivity index (χ0n) is 17.0. The predicted molar refractivity (Wildman–Crippen MR) is 113 cm³/mol. The molecule has 3 N–H and O–H groups in total. The molecular weight excluding hydrogens is 418 g/mol. The summed E-state index contributed by atoms with van der Waals surface area (Å²) >= 11 is 0. The fourth-order valence-electron chi connectivity index (χ4n) is 2.67. The number of carbonyl (C=O) groups excluding carboxylic acids is 2. The van der Waals surface area contributed by atoms with Crippen LogP contribution in [0.1, 0.15) is 28.6 Å². The molecule has 0 saturated carbocycles. The van der Waals surface area contributed by atoms with Crippen LogP contribution in [0.4, 0.5) is 11.4 Å². The van der Waals surface area contributed by atoms with Crippen molar-refractivity contribution in [1.29, 1.82) is 0 Å². The van der Waals surface area contributed by atoms with Crippen LogP contribution >= 0.6 is 0 Å². The third kappa shape index (κ3) is 6.67. The number of hydrogen-bond donors (Lipinski definition) is 3. The zero-order valence-corrected chi connectivity index (χ0v) is 17.0. The second-order valence-corrected chi connectivity index (χ2v) is 6.59. The maximum atomic E-state index is 12.1. The van der Waals surface area contributed by atoms with Gasteiger partial charge in [0.1, 0.15) is 5.69 Å². The molecular formula is C20H21N7O5. The van der Waals surface area contributed by atoms with Crippen LogP contribution in [0.15, 0.2) is 53.2 Å². The number of pyridine rings is 1. The van der Waals surface area contributed by atoms with Crippen molar-refractivity contribution in [2.45, 2.75) is 19.4 Å². The Morgan fingerprint density at radius 2 is 1.91 bits per heavy atom. The molecule has 0 bridgehead atoms. The molecule has 0 radical (unpaired) electrons. The van der Waals surface area contributed by atoms with E-state index in [1.165, 1.54) is 18.2 Å². The Morgan fingerprint density at radius 3 is 2.69 bits per heavy atom. The summed E-state index contributed by atoms with van der Waals surface area (Å²) in [5, 5.41) is 22.9. The third-order valence-corrected chi connectivity index (χ3v) is 4.25. The van der Waals surface area contributed by atoms with Crippen LogP contribution in [0, 0.1) is 10.1 Å². The van der Waals surface area contributed by atoms with Crippen molar-refractivity contribution in [2.24, 2.45) is 0 Å². The molecule has 2 heterocycles. The number of hydrogen-bond acceptors (Lipinski definition) is 9. The fourth-order valence-corrected chi connectivity index (χ4v) is 2.67. The van der Waals surface area contributed by atoms with E-state index in [4.69, 9.17) is 4.52 Å². The van der Waals surface area contributed by atoms with E-state index in [0.29, 0.717) is 25.2 Å². The molecule has 3 rings (SSSR count). The molecule has 166 valence electrons. The van der Waals surface area contributed by atoms with E-state index in [0.717, 1.165) is 0 Å². The summed E-state index contributed by atoms with van der Waals surface area (Å²) in [7, 11) is 0. The topological polar surface area (TPSA) is 165 Å². The van der Waals surface area contributed by atoms with Crippen LogP contribution in [0.25, 0.3) is 0 Å². The van der Waals surface area contributed by atoms with E-state index in [9.17, 15) is 19.7 Å². The summed E-state index contributed by atoms with van der Waals surface area (Å²) in [6.45, 7) is 1.03. The smallest absolute Gasteiger partial charge is 0.293 e. The van der Waals surface area contributed by atoms with E-state index in [1.54, 1.807) is 24.4 Å². The van der Waals surface area contributed by atoms with Crippen LogP contribution < -0.4 is 16.0 Å². The lowest BCUT2D eigenvalue weighted by Gasteiger charge is -2.06. The molecule has 12 heteroatoms. The van der Waals surface area contributed by atoms with Crippen molar-refractivity contribution < 1.29 is 19.0 Å². The molecule has 32 heavy (non-hydrogen) atoms. The number of carbonyl (C=O) groups is 2. The van der Waals surface area contributed by atoms with E-state index in [-0.39, 0.29) is 42.0 Å². The number of nitro groups is 1. The number of aromatic nitrogens is 3. The molecule has 1 aromatic carbocycles. The standard InChI is InChI=1S/C20H21N7O5/c28-17(24-15-6-1-2-7-16(15)27(30)31)8-11-21-12-9-18-25-19(26-32-18)20(29)23-13-14-5-3-4-10-22-14/h1-7,10,21H,8-9,11-13H2,(H,23,29)(H,24,28). The second kappa shape index (κ2) is 11.3. The number of benzene rings is 1. The fraction of sp³-hybridized carbons (Fsp3) is 0.250. The first-order valence-corrected chi connectivity index (χ1v) is 9.77. The average Bonchev–Trinajstić information content (AvgIpc) is 3.27. The Kier molecular flexibility index (Phi) is 7.92. The zero-order chi connectivity index (χ0) is 22.8. The Balaban J connectivity index is 1.35. The SMILES string of the molecule is O=C(CCNCCc1nc(C(=O)NCc2ccccn2)no1)Nc1ccccc1[N+](=O)[O-]. The van der Waals surface area contributed by atoms with Gasteiger partial charge < -0.3 is 20.5 Å². The van der Waals surface area contributed by atoms with Crippen LogP contribution in [0.2, 0.25) is 0 Å². The number of nitro benzene ring substituents is 1. The van der Waals surface area contributed by atoms with Gasteiger partial charge in [0.2, 0.25) is 11.8 Å². The molecule has 2 amide bonds. The Morgan fingerprint density at radius 1 is 1.09 bits per heavy atom. The summed E-state index contributed by atoms with van der Waals surface area (Å²) in [4.78, 5) is 42.7. The van der Waals surface area contributed by atoms with Gasteiger partial charge in [0.05, 0.1) is 17.2 Å². The first kappa shape index (κ1) is 22.5. The summed E-state index contributed by atoms with van der Waals surface area (Å²) < 4.78 is 5.06. The third-order valence-electron chi connectivity index (χ3n) is 4.25. The highest BCUT2D eigenvalue weighted by molar-refractivity contribution is 5.93. The first-order valence-electron chi connectivity index (χ1n) is 9.77. The largest absolute Gasteiger partial charge is 0.344 e. The molecule has 0 atom stereocenters. The van der Waals surface area contributed by atoms with Crippen molar-refractivity contribution in [3.05, 3.63) is 76.2 Å². The van der Waals surface area contributed by atoms with Gasteiger partial charge in [-0.05, 0) is 18.2 Å². The molecule has 2 aromatic heterocycles. The lowest BCUT2D eigenvalue weighted by Crippen LogP contribution is -2.25. The molecule has 3 aromatic rings. The maximum absolute atomic E-state index is 12.1. The molecule has 0 saturated heterocycles. The molecule has 12 nitrogen and oxygen atoms in total. The van der Waals surface area contributed by atoms with Gasteiger partial charge in [-0.3, -0.25) is 24.7 Å². The van der Waals surface area contributed by atoms with Gasteiger partial charge in [-0.1, -0.05) is 23.4 Å². The van der Waals surface area contributed by atoms with Gasteiger partial charge in [0, 0.05) is 38.2 Å². The normalized spacial score (nSPS) is 10.5. The molecule has 0 aliphatic rings. The Bertz CT molecular complexity index is 1070. The Labute approximate surface area is 182 Å². The minimum Gasteiger partial charge on any atom is -0.344 e. The average molecular weight is 439 g/mol. The van der Waals surface area contributed by atoms with Crippen LogP contribution in [0.3, 0.4) is 0 Å². The Hall–Kier alpha value is -4.19.